The molecular weight excluding hydrogens is 188 g/mol. The summed E-state index contributed by atoms with van der Waals surface area (Å²) in [5, 5.41) is 0. The highest BCUT2D eigenvalue weighted by Crippen LogP contribution is 2.05. The number of hydrogen-bond acceptors (Lipinski definition) is 2. The van der Waals surface area contributed by atoms with E-state index in [2.05, 4.69) is 11.8 Å². The molecule has 2 nitrogen and oxygen atoms in total. The van der Waals surface area contributed by atoms with Gasteiger partial charge in [-0.05, 0) is 25.5 Å². The van der Waals surface area contributed by atoms with Crippen molar-refractivity contribution in [2.45, 2.75) is 26.4 Å². The van der Waals surface area contributed by atoms with Crippen molar-refractivity contribution in [3.8, 4) is 11.8 Å². The van der Waals surface area contributed by atoms with Crippen LogP contribution in [0.4, 0.5) is 0 Å². The summed E-state index contributed by atoms with van der Waals surface area (Å²) in [7, 11) is 0. The maximum Gasteiger partial charge on any atom is 0.339 e. The van der Waals surface area contributed by atoms with Gasteiger partial charge < -0.3 is 4.74 Å². The van der Waals surface area contributed by atoms with E-state index < -0.39 is 0 Å². The van der Waals surface area contributed by atoms with Crippen molar-refractivity contribution in [2.75, 3.05) is 0 Å². The van der Waals surface area contributed by atoms with E-state index in [4.69, 9.17) is 4.74 Å². The molecule has 0 heterocycles. The Morgan fingerprint density at radius 3 is 2.60 bits per heavy atom. The van der Waals surface area contributed by atoms with Crippen molar-refractivity contribution in [2.24, 2.45) is 0 Å². The smallest absolute Gasteiger partial charge is 0.339 e. The molecule has 0 saturated heterocycles. The van der Waals surface area contributed by atoms with Gasteiger partial charge in [0, 0.05) is 0 Å². The minimum atomic E-state index is -0.315. The van der Waals surface area contributed by atoms with Crippen LogP contribution in [0.25, 0.3) is 0 Å². The molecule has 0 aliphatic carbocycles. The summed E-state index contributed by atoms with van der Waals surface area (Å²) >= 11 is 0. The van der Waals surface area contributed by atoms with Gasteiger partial charge in [-0.15, -0.1) is 5.92 Å². The largest absolute Gasteiger partial charge is 0.446 e. The van der Waals surface area contributed by atoms with Gasteiger partial charge in [-0.3, -0.25) is 0 Å². The first kappa shape index (κ1) is 11.3. The molecule has 0 amide bonds. The molecule has 0 aromatic heterocycles. The Balaban J connectivity index is 2.65. The second kappa shape index (κ2) is 5.87. The van der Waals surface area contributed by atoms with Crippen LogP contribution in [-0.2, 0) is 4.74 Å². The van der Waals surface area contributed by atoms with Crippen molar-refractivity contribution in [3.63, 3.8) is 0 Å². The van der Waals surface area contributed by atoms with Crippen molar-refractivity contribution >= 4 is 5.97 Å². The molecule has 0 spiro atoms. The summed E-state index contributed by atoms with van der Waals surface area (Å²) in [6, 6.07) is 8.94. The van der Waals surface area contributed by atoms with Crippen LogP contribution in [0.3, 0.4) is 0 Å². The van der Waals surface area contributed by atoms with Crippen molar-refractivity contribution in [1.82, 2.24) is 0 Å². The molecule has 1 rings (SSSR count). The zero-order valence-electron chi connectivity index (χ0n) is 8.99. The van der Waals surface area contributed by atoms with E-state index in [9.17, 15) is 4.79 Å². The number of carbonyl (C=O) groups is 1. The highest BCUT2D eigenvalue weighted by Gasteiger charge is 2.11. The quantitative estimate of drug-likeness (QED) is 0.556. The zero-order valence-corrected chi connectivity index (χ0v) is 8.99. The van der Waals surface area contributed by atoms with Gasteiger partial charge in [0.2, 0.25) is 0 Å². The Bertz CT molecular complexity index is 371. The van der Waals surface area contributed by atoms with Crippen molar-refractivity contribution in [3.05, 3.63) is 35.9 Å². The minimum absolute atomic E-state index is 0.303. The fraction of sp³-hybridized carbons (Fsp3) is 0.308. The minimum Gasteiger partial charge on any atom is -0.446 e. The van der Waals surface area contributed by atoms with Crippen LogP contribution in [0.2, 0.25) is 0 Å². The Morgan fingerprint density at radius 1 is 1.40 bits per heavy atom. The number of carbonyl (C=O) groups excluding carboxylic acids is 1. The van der Waals surface area contributed by atoms with Crippen LogP contribution in [0.15, 0.2) is 30.3 Å². The molecule has 15 heavy (non-hydrogen) atoms. The first-order valence-corrected chi connectivity index (χ1v) is 4.96. The third-order valence-corrected chi connectivity index (χ3v) is 1.93. The van der Waals surface area contributed by atoms with Crippen LogP contribution < -0.4 is 0 Å². The first-order chi connectivity index (χ1) is 7.27. The average Bonchev–Trinajstić information content (AvgIpc) is 2.29. The van der Waals surface area contributed by atoms with E-state index in [0.29, 0.717) is 12.0 Å². The van der Waals surface area contributed by atoms with E-state index in [1.165, 1.54) is 0 Å². The first-order valence-electron chi connectivity index (χ1n) is 4.96. The maximum atomic E-state index is 11.6. The van der Waals surface area contributed by atoms with E-state index in [1.54, 1.807) is 19.1 Å². The lowest BCUT2D eigenvalue weighted by Gasteiger charge is -2.09. The molecule has 0 radical (unpaired) electrons. The molecule has 1 aromatic rings. The van der Waals surface area contributed by atoms with E-state index in [0.717, 1.165) is 0 Å². The number of esters is 1. The standard InChI is InChI=1S/C13H14O2/c1-3-8-12(4-2)15-13(14)11-9-6-5-7-10-11/h5-7,9-10,12H,4H2,1-2H3. The van der Waals surface area contributed by atoms with Gasteiger partial charge in [-0.25, -0.2) is 4.79 Å². The second-order valence-corrected chi connectivity index (χ2v) is 3.06. The van der Waals surface area contributed by atoms with E-state index in [-0.39, 0.29) is 12.1 Å². The summed E-state index contributed by atoms with van der Waals surface area (Å²) in [6.45, 7) is 3.67. The van der Waals surface area contributed by atoms with Gasteiger partial charge in [0.05, 0.1) is 5.56 Å². The fourth-order valence-corrected chi connectivity index (χ4v) is 1.15. The van der Waals surface area contributed by atoms with E-state index in [1.807, 2.05) is 25.1 Å². The average molecular weight is 202 g/mol. The lowest BCUT2D eigenvalue weighted by molar-refractivity contribution is 0.0405. The van der Waals surface area contributed by atoms with Crippen LogP contribution in [-0.4, -0.2) is 12.1 Å². The maximum absolute atomic E-state index is 11.6. The van der Waals surface area contributed by atoms with Gasteiger partial charge >= 0.3 is 5.97 Å². The van der Waals surface area contributed by atoms with Crippen molar-refractivity contribution in [1.29, 1.82) is 0 Å². The van der Waals surface area contributed by atoms with Crippen LogP contribution in [0.5, 0.6) is 0 Å². The fourth-order valence-electron chi connectivity index (χ4n) is 1.15. The normalized spacial score (nSPS) is 11.1. The molecule has 0 bridgehead atoms. The van der Waals surface area contributed by atoms with Gasteiger partial charge in [0.25, 0.3) is 0 Å². The number of hydrogen-bond donors (Lipinski definition) is 0. The Hall–Kier alpha value is -1.75. The molecule has 78 valence electrons. The predicted molar refractivity (Wildman–Crippen MR) is 59.4 cm³/mol. The number of benzene rings is 1. The van der Waals surface area contributed by atoms with Crippen LogP contribution in [0, 0.1) is 11.8 Å². The molecule has 1 atom stereocenters. The second-order valence-electron chi connectivity index (χ2n) is 3.06. The molecule has 0 aliphatic rings. The van der Waals surface area contributed by atoms with Gasteiger partial charge in [-0.1, -0.05) is 31.0 Å². The Labute approximate surface area is 90.3 Å². The summed E-state index contributed by atoms with van der Waals surface area (Å²) in [4.78, 5) is 11.6. The molecule has 0 N–H and O–H groups in total. The molecular formula is C13H14O2. The summed E-state index contributed by atoms with van der Waals surface area (Å²) in [5.74, 6) is 5.27. The third-order valence-electron chi connectivity index (χ3n) is 1.93. The zero-order chi connectivity index (χ0) is 11.1. The topological polar surface area (TPSA) is 26.3 Å². The van der Waals surface area contributed by atoms with Crippen LogP contribution >= 0.6 is 0 Å². The molecule has 1 aromatic carbocycles. The lowest BCUT2D eigenvalue weighted by atomic mass is 10.2. The van der Waals surface area contributed by atoms with Gasteiger partial charge in [-0.2, -0.15) is 0 Å². The molecule has 0 saturated carbocycles. The van der Waals surface area contributed by atoms with Gasteiger partial charge in [0.15, 0.2) is 6.10 Å². The lowest BCUT2D eigenvalue weighted by Crippen LogP contribution is -2.15. The Morgan fingerprint density at radius 2 is 2.07 bits per heavy atom. The van der Waals surface area contributed by atoms with Gasteiger partial charge in [0.1, 0.15) is 0 Å². The number of ether oxygens (including phenoxy) is 1. The molecule has 1 unspecified atom stereocenters. The molecule has 0 aliphatic heterocycles. The summed E-state index contributed by atoms with van der Waals surface area (Å²) < 4.78 is 5.21. The Kier molecular flexibility index (Phi) is 4.43. The van der Waals surface area contributed by atoms with Crippen molar-refractivity contribution < 1.29 is 9.53 Å². The summed E-state index contributed by atoms with van der Waals surface area (Å²) in [5.41, 5.74) is 0.564. The molecule has 0 fully saturated rings. The monoisotopic (exact) mass is 202 g/mol. The van der Waals surface area contributed by atoms with Crippen LogP contribution in [0.1, 0.15) is 30.6 Å². The highest BCUT2D eigenvalue weighted by molar-refractivity contribution is 5.89. The SMILES string of the molecule is CC#CC(CC)OC(=O)c1ccccc1. The number of rotatable bonds is 3. The predicted octanol–water partition coefficient (Wildman–Crippen LogP) is 2.65. The third kappa shape index (κ3) is 3.47. The molecule has 2 heteroatoms. The highest BCUT2D eigenvalue weighted by atomic mass is 16.5. The summed E-state index contributed by atoms with van der Waals surface area (Å²) in [6.07, 6.45) is 0.405. The van der Waals surface area contributed by atoms with E-state index >= 15 is 0 Å².